The second-order valence-corrected chi connectivity index (χ2v) is 9.51. The minimum Gasteiger partial charge on any atom is -0.508 e. The molecule has 186 valence electrons. The number of carboxylic acid groups (broad SMARTS) is 1. The minimum absolute atomic E-state index is 0.0367. The molecule has 0 aromatic heterocycles. The molecule has 8 nitrogen and oxygen atoms in total. The Morgan fingerprint density at radius 2 is 1.59 bits per heavy atom. The highest BCUT2D eigenvalue weighted by Crippen LogP contribution is 2.51. The van der Waals surface area contributed by atoms with E-state index in [1.165, 1.54) is 12.1 Å². The molecule has 4 unspecified atom stereocenters. The lowest BCUT2D eigenvalue weighted by molar-refractivity contribution is -0.148. The van der Waals surface area contributed by atoms with Gasteiger partial charge in [0.2, 0.25) is 11.8 Å². The summed E-state index contributed by atoms with van der Waals surface area (Å²) in [6.45, 7) is 2.00. The molecule has 2 saturated heterocycles. The van der Waals surface area contributed by atoms with Gasteiger partial charge in [0.15, 0.2) is 0 Å². The average molecular weight is 496 g/mol. The molecular weight excluding hydrogens is 470 g/mol. The average Bonchev–Trinajstić information content (AvgIpc) is 3.39. The predicted octanol–water partition coefficient (Wildman–Crippen LogP) is 3.34. The highest BCUT2D eigenvalue weighted by atomic mass is 16.4. The molecule has 37 heavy (non-hydrogen) atoms. The van der Waals surface area contributed by atoms with Crippen molar-refractivity contribution in [3.8, 4) is 11.8 Å². The van der Waals surface area contributed by atoms with Crippen LogP contribution in [0.1, 0.15) is 35.2 Å². The van der Waals surface area contributed by atoms with Crippen LogP contribution in [-0.4, -0.2) is 33.5 Å². The fraction of sp³-hybridized carbons (Fsp3) is 0.241. The Labute approximate surface area is 213 Å². The van der Waals surface area contributed by atoms with Crippen molar-refractivity contribution in [2.24, 2.45) is 11.8 Å². The first-order valence-corrected chi connectivity index (χ1v) is 12.0. The maximum Gasteiger partial charge on any atom is 0.325 e. The standard InChI is InChI=1S/C29H25N3O5/c1-2-17-5-11-21(12-6-17)32-26(34)23-24(27(32)35)29(28(36)37,15-18-7-13-22(33)14-8-18)31-25(23)20-9-3-19(16-30)4-10-20/h3-14,23-25,31,33H,2,15H2,1H3,(H,36,37). The van der Waals surface area contributed by atoms with Gasteiger partial charge in [0.1, 0.15) is 11.3 Å². The van der Waals surface area contributed by atoms with Crippen molar-refractivity contribution in [2.75, 3.05) is 4.90 Å². The molecular formula is C29H25N3O5. The lowest BCUT2D eigenvalue weighted by Gasteiger charge is -2.31. The molecule has 2 aliphatic heterocycles. The number of nitrogens with zero attached hydrogens (tertiary/aromatic N) is 2. The SMILES string of the molecule is CCc1ccc(N2C(=O)C3C(c4ccc(C#N)cc4)NC(Cc4ccc(O)cc4)(C(=O)O)C3C2=O)cc1. The quantitative estimate of drug-likeness (QED) is 0.447. The number of anilines is 1. The summed E-state index contributed by atoms with van der Waals surface area (Å²) >= 11 is 0. The monoisotopic (exact) mass is 495 g/mol. The first kappa shape index (κ1) is 24.2. The molecule has 2 fully saturated rings. The van der Waals surface area contributed by atoms with Gasteiger partial charge in [0, 0.05) is 12.5 Å². The largest absolute Gasteiger partial charge is 0.508 e. The van der Waals surface area contributed by atoms with E-state index in [2.05, 4.69) is 11.4 Å². The first-order valence-electron chi connectivity index (χ1n) is 12.0. The topological polar surface area (TPSA) is 131 Å². The summed E-state index contributed by atoms with van der Waals surface area (Å²) in [7, 11) is 0. The number of amides is 2. The number of hydrogen-bond donors (Lipinski definition) is 3. The molecule has 3 aromatic rings. The Hall–Kier alpha value is -4.48. The van der Waals surface area contributed by atoms with Gasteiger partial charge in [-0.05, 0) is 59.5 Å². The number of nitriles is 1. The number of carbonyl (C=O) groups is 3. The van der Waals surface area contributed by atoms with E-state index in [4.69, 9.17) is 0 Å². The van der Waals surface area contributed by atoms with Crippen LogP contribution < -0.4 is 10.2 Å². The van der Waals surface area contributed by atoms with Crippen LogP contribution in [0.2, 0.25) is 0 Å². The third-order valence-corrected chi connectivity index (χ3v) is 7.46. The molecule has 2 amide bonds. The van der Waals surface area contributed by atoms with E-state index in [9.17, 15) is 29.9 Å². The number of carboxylic acids is 1. The summed E-state index contributed by atoms with van der Waals surface area (Å²) in [5.41, 5.74) is 1.32. The van der Waals surface area contributed by atoms with Crippen LogP contribution in [0.3, 0.4) is 0 Å². The van der Waals surface area contributed by atoms with Crippen LogP contribution in [0.15, 0.2) is 72.8 Å². The van der Waals surface area contributed by atoms with Gasteiger partial charge in [-0.25, -0.2) is 4.90 Å². The fourth-order valence-electron chi connectivity index (χ4n) is 5.56. The smallest absolute Gasteiger partial charge is 0.325 e. The van der Waals surface area contributed by atoms with Crippen LogP contribution >= 0.6 is 0 Å². The second kappa shape index (κ2) is 9.19. The van der Waals surface area contributed by atoms with Crippen molar-refractivity contribution in [3.05, 3.63) is 95.1 Å². The van der Waals surface area contributed by atoms with Crippen LogP contribution in [0.4, 0.5) is 5.69 Å². The Bertz CT molecular complexity index is 1410. The maximum absolute atomic E-state index is 13.9. The van der Waals surface area contributed by atoms with Gasteiger partial charge in [-0.3, -0.25) is 19.7 Å². The number of hydrogen-bond acceptors (Lipinski definition) is 6. The summed E-state index contributed by atoms with van der Waals surface area (Å²) < 4.78 is 0. The molecule has 5 rings (SSSR count). The molecule has 4 atom stereocenters. The highest BCUT2D eigenvalue weighted by Gasteiger charge is 2.68. The normalized spacial score (nSPS) is 24.6. The molecule has 3 N–H and O–H groups in total. The molecule has 2 heterocycles. The van der Waals surface area contributed by atoms with Gasteiger partial charge in [0.25, 0.3) is 0 Å². The number of phenols is 1. The number of phenolic OH excluding ortho intramolecular Hbond substituents is 1. The second-order valence-electron chi connectivity index (χ2n) is 9.51. The number of benzene rings is 3. The van der Waals surface area contributed by atoms with E-state index in [1.807, 2.05) is 19.1 Å². The number of nitrogens with one attached hydrogen (secondary N) is 1. The van der Waals surface area contributed by atoms with Crippen molar-refractivity contribution in [1.82, 2.24) is 5.32 Å². The number of aliphatic carboxylic acids is 1. The van der Waals surface area contributed by atoms with Crippen LogP contribution in [0, 0.1) is 23.2 Å². The minimum atomic E-state index is -1.77. The molecule has 0 bridgehead atoms. The molecule has 0 saturated carbocycles. The van der Waals surface area contributed by atoms with Crippen molar-refractivity contribution >= 4 is 23.5 Å². The molecule has 0 spiro atoms. The number of imide groups is 1. The summed E-state index contributed by atoms with van der Waals surface area (Å²) in [5, 5.41) is 32.6. The van der Waals surface area contributed by atoms with E-state index < -0.39 is 41.2 Å². The van der Waals surface area contributed by atoms with Crippen molar-refractivity contribution < 1.29 is 24.6 Å². The van der Waals surface area contributed by atoms with E-state index >= 15 is 0 Å². The summed E-state index contributed by atoms with van der Waals surface area (Å²) in [6, 6.07) is 21.1. The van der Waals surface area contributed by atoms with E-state index in [1.54, 1.807) is 48.5 Å². The summed E-state index contributed by atoms with van der Waals surface area (Å²) in [4.78, 5) is 41.8. The van der Waals surface area contributed by atoms with Gasteiger partial charge in [-0.1, -0.05) is 43.3 Å². The van der Waals surface area contributed by atoms with Crippen molar-refractivity contribution in [1.29, 1.82) is 5.26 Å². The number of carbonyl (C=O) groups excluding carboxylic acids is 2. The van der Waals surface area contributed by atoms with Crippen molar-refractivity contribution in [3.63, 3.8) is 0 Å². The first-order chi connectivity index (χ1) is 17.8. The van der Waals surface area contributed by atoms with E-state index in [0.29, 0.717) is 22.4 Å². The number of aromatic hydroxyl groups is 1. The van der Waals surface area contributed by atoms with Crippen molar-refractivity contribution in [2.45, 2.75) is 31.3 Å². The van der Waals surface area contributed by atoms with E-state index in [0.717, 1.165) is 16.9 Å². The lowest BCUT2D eigenvalue weighted by atomic mass is 9.76. The Morgan fingerprint density at radius 1 is 0.973 bits per heavy atom. The predicted molar refractivity (Wildman–Crippen MR) is 135 cm³/mol. The van der Waals surface area contributed by atoms with Gasteiger partial charge in [-0.15, -0.1) is 0 Å². The zero-order valence-corrected chi connectivity index (χ0v) is 20.1. The van der Waals surface area contributed by atoms with Crippen LogP contribution in [-0.2, 0) is 27.2 Å². The van der Waals surface area contributed by atoms with Crippen LogP contribution in [0.25, 0.3) is 0 Å². The van der Waals surface area contributed by atoms with Crippen LogP contribution in [0.5, 0.6) is 5.75 Å². The Balaban J connectivity index is 1.63. The zero-order valence-electron chi connectivity index (χ0n) is 20.1. The molecule has 8 heteroatoms. The zero-order chi connectivity index (χ0) is 26.3. The van der Waals surface area contributed by atoms with Gasteiger partial charge >= 0.3 is 5.97 Å². The molecule has 3 aromatic carbocycles. The van der Waals surface area contributed by atoms with E-state index in [-0.39, 0.29) is 12.2 Å². The maximum atomic E-state index is 13.9. The number of aryl methyl sites for hydroxylation is 1. The molecule has 2 aliphatic rings. The molecule has 0 radical (unpaired) electrons. The highest BCUT2D eigenvalue weighted by molar-refractivity contribution is 6.24. The molecule has 0 aliphatic carbocycles. The third kappa shape index (κ3) is 3.94. The Kier molecular flexibility index (Phi) is 6.02. The van der Waals surface area contributed by atoms with Gasteiger partial charge in [0.05, 0.1) is 29.2 Å². The summed E-state index contributed by atoms with van der Waals surface area (Å²) in [6.07, 6.45) is 0.727. The lowest BCUT2D eigenvalue weighted by Crippen LogP contribution is -2.57. The third-order valence-electron chi connectivity index (χ3n) is 7.46. The van der Waals surface area contributed by atoms with Gasteiger partial charge in [-0.2, -0.15) is 5.26 Å². The fourth-order valence-corrected chi connectivity index (χ4v) is 5.56. The summed E-state index contributed by atoms with van der Waals surface area (Å²) in [5.74, 6) is -4.36. The number of fused-ring (bicyclic) bond motifs is 1. The Morgan fingerprint density at radius 3 is 2.16 bits per heavy atom. The van der Waals surface area contributed by atoms with Gasteiger partial charge < -0.3 is 10.2 Å². The number of rotatable bonds is 6.